The van der Waals surface area contributed by atoms with Crippen molar-refractivity contribution in [1.82, 2.24) is 4.90 Å². The lowest BCUT2D eigenvalue weighted by molar-refractivity contribution is -0.528. The predicted octanol–water partition coefficient (Wildman–Crippen LogP) is 4.80. The van der Waals surface area contributed by atoms with Gasteiger partial charge in [0.05, 0.1) is 17.5 Å². The molecule has 1 spiro atoms. The van der Waals surface area contributed by atoms with Crippen LogP contribution >= 0.6 is 23.2 Å². The second-order valence-electron chi connectivity index (χ2n) is 9.70. The summed E-state index contributed by atoms with van der Waals surface area (Å²) in [5.74, 6) is -2.40. The summed E-state index contributed by atoms with van der Waals surface area (Å²) in [6.45, 7) is -0.524. The number of nitrogens with zero attached hydrogens (tertiary/aromatic N) is 2. The van der Waals surface area contributed by atoms with E-state index in [9.17, 15) is 20.0 Å². The normalized spacial score (nSPS) is 29.3. The topological polar surface area (TPSA) is 95.7 Å². The predicted molar refractivity (Wildman–Crippen MR) is 131 cm³/mol. The number of rotatable bonds is 4. The number of hydrogen-bond acceptors (Lipinski definition) is 5. The second kappa shape index (κ2) is 9.32. The number of aliphatic hydroxyl groups excluding tert-OH is 1. The summed E-state index contributed by atoms with van der Waals surface area (Å²) in [7, 11) is 0. The third kappa shape index (κ3) is 3.82. The van der Waals surface area contributed by atoms with Crippen LogP contribution in [0.1, 0.15) is 49.1 Å². The molecule has 2 N–H and O–H groups in total. The third-order valence-corrected chi connectivity index (χ3v) is 8.48. The van der Waals surface area contributed by atoms with E-state index >= 15 is 4.39 Å². The number of aliphatic hydroxyl groups is 1. The van der Waals surface area contributed by atoms with Crippen molar-refractivity contribution in [3.05, 3.63) is 73.5 Å². The highest BCUT2D eigenvalue weighted by molar-refractivity contribution is 6.31. The molecule has 186 valence electrons. The third-order valence-electron chi connectivity index (χ3n) is 7.96. The van der Waals surface area contributed by atoms with Crippen molar-refractivity contribution in [3.8, 4) is 0 Å². The Morgan fingerprint density at radius 1 is 1.20 bits per heavy atom. The Hall–Kier alpha value is -2.26. The Morgan fingerprint density at radius 2 is 1.94 bits per heavy atom. The first kappa shape index (κ1) is 24.4. The Labute approximate surface area is 212 Å². The lowest BCUT2D eigenvalue weighted by atomic mass is 9.71. The molecular formula is C25H26Cl2FN3O4. The van der Waals surface area contributed by atoms with Gasteiger partial charge in [-0.05, 0) is 36.6 Å². The van der Waals surface area contributed by atoms with Crippen LogP contribution in [0.3, 0.4) is 0 Å². The monoisotopic (exact) mass is 521 g/mol. The second-order valence-corrected chi connectivity index (χ2v) is 10.5. The van der Waals surface area contributed by atoms with Gasteiger partial charge in [-0.3, -0.25) is 19.8 Å². The maximum atomic E-state index is 15.5. The average molecular weight is 522 g/mol. The summed E-state index contributed by atoms with van der Waals surface area (Å²) >= 11 is 12.3. The van der Waals surface area contributed by atoms with E-state index < -0.39 is 46.8 Å². The van der Waals surface area contributed by atoms with Crippen LogP contribution < -0.4 is 5.32 Å². The van der Waals surface area contributed by atoms with E-state index in [0.29, 0.717) is 10.7 Å². The molecule has 2 heterocycles. The van der Waals surface area contributed by atoms with Gasteiger partial charge in [-0.1, -0.05) is 60.7 Å². The van der Waals surface area contributed by atoms with Gasteiger partial charge in [-0.25, -0.2) is 4.39 Å². The van der Waals surface area contributed by atoms with Crippen LogP contribution in [0.25, 0.3) is 0 Å². The lowest BCUT2D eigenvalue weighted by Gasteiger charge is -2.48. The first-order valence-corrected chi connectivity index (χ1v) is 12.6. The zero-order chi connectivity index (χ0) is 24.9. The van der Waals surface area contributed by atoms with E-state index in [-0.39, 0.29) is 23.0 Å². The van der Waals surface area contributed by atoms with E-state index in [0.717, 1.165) is 37.7 Å². The van der Waals surface area contributed by atoms with Crippen molar-refractivity contribution in [2.75, 3.05) is 11.9 Å². The standard InChI is InChI=1S/C25H26Cl2FN3O4/c26-15-10-9-14-12-25(24(33)29-19(14)11-15)21(17-7-4-8-18(27)22(17)28)23(31(34)35)20(13-32)30(25)16-5-2-1-3-6-16/h4,7-11,16,20-21,23,32H,1-3,5-6,12-13H2,(H,29,33)/t20-,21-,23+,25+/m0/s1. The molecule has 4 atom stereocenters. The van der Waals surface area contributed by atoms with Crippen LogP contribution in [0.5, 0.6) is 0 Å². The molecule has 3 aliphatic rings. The van der Waals surface area contributed by atoms with E-state index in [4.69, 9.17) is 23.2 Å². The number of carbonyl (C=O) groups is 1. The summed E-state index contributed by atoms with van der Waals surface area (Å²) in [5.41, 5.74) is -0.182. The first-order valence-electron chi connectivity index (χ1n) is 11.9. The van der Waals surface area contributed by atoms with E-state index in [1.165, 1.54) is 18.2 Å². The molecule has 2 aliphatic heterocycles. The van der Waals surface area contributed by atoms with Crippen molar-refractivity contribution in [3.63, 3.8) is 0 Å². The highest BCUT2D eigenvalue weighted by Gasteiger charge is 2.70. The molecule has 2 aromatic carbocycles. The Morgan fingerprint density at radius 3 is 2.63 bits per heavy atom. The molecule has 7 nitrogen and oxygen atoms in total. The fraction of sp³-hybridized carbons (Fsp3) is 0.480. The van der Waals surface area contributed by atoms with Crippen molar-refractivity contribution < 1.29 is 19.2 Å². The largest absolute Gasteiger partial charge is 0.394 e. The molecule has 1 aliphatic carbocycles. The van der Waals surface area contributed by atoms with E-state index in [1.54, 1.807) is 18.2 Å². The summed E-state index contributed by atoms with van der Waals surface area (Å²) in [5, 5.41) is 26.3. The molecule has 0 aromatic heterocycles. The average Bonchev–Trinajstić information content (AvgIpc) is 3.13. The summed E-state index contributed by atoms with van der Waals surface area (Å²) in [4.78, 5) is 28.1. The number of fused-ring (bicyclic) bond motifs is 1. The number of anilines is 1. The van der Waals surface area contributed by atoms with Gasteiger partial charge in [0.2, 0.25) is 11.9 Å². The van der Waals surface area contributed by atoms with Crippen molar-refractivity contribution in [1.29, 1.82) is 0 Å². The van der Waals surface area contributed by atoms with Crippen LogP contribution in [0.15, 0.2) is 36.4 Å². The number of benzene rings is 2. The Kier molecular flexibility index (Phi) is 6.50. The fourth-order valence-corrected chi connectivity index (χ4v) is 6.98. The van der Waals surface area contributed by atoms with Gasteiger partial charge in [0.15, 0.2) is 0 Å². The maximum Gasteiger partial charge on any atom is 0.246 e. The van der Waals surface area contributed by atoms with Crippen molar-refractivity contribution in [2.24, 2.45) is 0 Å². The molecule has 0 unspecified atom stereocenters. The molecule has 1 saturated heterocycles. The quantitative estimate of drug-likeness (QED) is 0.444. The van der Waals surface area contributed by atoms with Gasteiger partial charge >= 0.3 is 0 Å². The van der Waals surface area contributed by atoms with Crippen LogP contribution in [0.2, 0.25) is 10.0 Å². The van der Waals surface area contributed by atoms with Gasteiger partial charge in [-0.15, -0.1) is 0 Å². The molecule has 35 heavy (non-hydrogen) atoms. The van der Waals surface area contributed by atoms with Gasteiger partial charge in [0, 0.05) is 33.7 Å². The van der Waals surface area contributed by atoms with E-state index in [1.807, 2.05) is 4.90 Å². The number of hydrogen-bond donors (Lipinski definition) is 2. The molecule has 0 radical (unpaired) electrons. The van der Waals surface area contributed by atoms with Crippen LogP contribution in [-0.2, 0) is 11.2 Å². The molecule has 1 amide bonds. The molecular weight excluding hydrogens is 496 g/mol. The van der Waals surface area contributed by atoms with E-state index in [2.05, 4.69) is 5.32 Å². The minimum absolute atomic E-state index is 0.0172. The summed E-state index contributed by atoms with van der Waals surface area (Å²) in [6, 6.07) is 6.99. The smallest absolute Gasteiger partial charge is 0.246 e. The fourth-order valence-electron chi connectivity index (χ4n) is 6.62. The Bertz CT molecular complexity index is 1180. The van der Waals surface area contributed by atoms with Crippen LogP contribution in [0.4, 0.5) is 10.1 Å². The summed E-state index contributed by atoms with van der Waals surface area (Å²) in [6.07, 6.45) is 4.49. The number of halogens is 3. The van der Waals surface area contributed by atoms with Crippen molar-refractivity contribution in [2.45, 2.75) is 68.1 Å². The SMILES string of the molecule is O=C1Nc2cc(Cl)ccc2C[C@@]12[C@@H](c1cccc(Cl)c1F)[C@H]([N+](=O)[O-])[C@H](CO)N2C1CCCCC1. The molecule has 5 rings (SSSR count). The zero-order valence-corrected chi connectivity index (χ0v) is 20.4. The minimum atomic E-state index is -1.49. The number of nitro groups is 1. The minimum Gasteiger partial charge on any atom is -0.394 e. The van der Waals surface area contributed by atoms with Crippen molar-refractivity contribution >= 4 is 34.8 Å². The van der Waals surface area contributed by atoms with Gasteiger partial charge in [0.25, 0.3) is 0 Å². The van der Waals surface area contributed by atoms with Gasteiger partial charge in [0.1, 0.15) is 17.4 Å². The molecule has 0 bridgehead atoms. The highest BCUT2D eigenvalue weighted by Crippen LogP contribution is 2.54. The number of amides is 1. The number of likely N-dealkylation sites (tertiary alicyclic amines) is 1. The molecule has 2 aromatic rings. The van der Waals surface area contributed by atoms with Crippen LogP contribution in [0, 0.1) is 15.9 Å². The van der Waals surface area contributed by atoms with Crippen LogP contribution in [-0.4, -0.2) is 51.1 Å². The zero-order valence-electron chi connectivity index (χ0n) is 18.9. The summed E-state index contributed by atoms with van der Waals surface area (Å²) < 4.78 is 15.5. The number of nitrogens with one attached hydrogen (secondary N) is 1. The molecule has 10 heteroatoms. The lowest BCUT2D eigenvalue weighted by Crippen LogP contribution is -2.64. The maximum absolute atomic E-state index is 15.5. The molecule has 2 fully saturated rings. The number of carbonyl (C=O) groups excluding carboxylic acids is 1. The highest BCUT2D eigenvalue weighted by atomic mass is 35.5. The first-order chi connectivity index (χ1) is 16.8. The van der Waals surface area contributed by atoms with Gasteiger partial charge in [-0.2, -0.15) is 0 Å². The molecule has 1 saturated carbocycles. The Balaban J connectivity index is 1.78. The van der Waals surface area contributed by atoms with Gasteiger partial charge < -0.3 is 10.4 Å².